The number of hydrogen-bond donors (Lipinski definition) is 0. The Labute approximate surface area is 358 Å². The number of pyridine rings is 3. The second-order valence-corrected chi connectivity index (χ2v) is 15.8. The minimum Gasteiger partial charge on any atom is -0.305 e. The van der Waals surface area contributed by atoms with Crippen LogP contribution in [-0.2, 0) is 20.1 Å². The van der Waals surface area contributed by atoms with Crippen molar-refractivity contribution in [2.24, 2.45) is 0 Å². The van der Waals surface area contributed by atoms with Crippen molar-refractivity contribution >= 4 is 53.3 Å². The third kappa shape index (κ3) is 6.61. The number of benzene rings is 5. The van der Waals surface area contributed by atoms with Crippen molar-refractivity contribution in [2.45, 2.75) is 13.8 Å². The van der Waals surface area contributed by atoms with E-state index in [0.29, 0.717) is 5.95 Å². The van der Waals surface area contributed by atoms with Gasteiger partial charge in [0.2, 0.25) is 5.95 Å². The zero-order valence-corrected chi connectivity index (χ0v) is 35.2. The molecule has 6 aromatic heterocycles. The second-order valence-electron chi connectivity index (χ2n) is 14.7. The Balaban J connectivity index is 0.00000420. The van der Waals surface area contributed by atoms with Gasteiger partial charge in [-0.25, -0.2) is 9.97 Å². The van der Waals surface area contributed by atoms with Crippen molar-refractivity contribution in [3.05, 3.63) is 181 Å². The summed E-state index contributed by atoms with van der Waals surface area (Å²) in [4.78, 5) is 24.4. The third-order valence-electron chi connectivity index (χ3n) is 10.8. The van der Waals surface area contributed by atoms with Gasteiger partial charge in [0.25, 0.3) is 0 Å². The monoisotopic (exact) mass is 954 g/mol. The van der Waals surface area contributed by atoms with Gasteiger partial charge in [-0.1, -0.05) is 71.8 Å². The predicted octanol–water partition coefficient (Wildman–Crippen LogP) is 12.9. The van der Waals surface area contributed by atoms with E-state index < -0.39 is 0 Å². The van der Waals surface area contributed by atoms with Crippen molar-refractivity contribution < 1.29 is 20.1 Å². The Hall–Kier alpha value is -6.70. The molecule has 0 spiro atoms. The van der Waals surface area contributed by atoms with Crippen LogP contribution >= 0.6 is 11.3 Å². The summed E-state index contributed by atoms with van der Waals surface area (Å²) in [5.41, 5.74) is 14.1. The molecule has 283 valence electrons. The van der Waals surface area contributed by atoms with E-state index in [2.05, 4.69) is 118 Å². The van der Waals surface area contributed by atoms with Gasteiger partial charge in [-0.3, -0.25) is 14.5 Å². The molecule has 6 heterocycles. The molecule has 0 aliphatic heterocycles. The first-order valence-corrected chi connectivity index (χ1v) is 20.0. The third-order valence-corrected chi connectivity index (χ3v) is 11.9. The van der Waals surface area contributed by atoms with Gasteiger partial charge in [0.15, 0.2) is 0 Å². The van der Waals surface area contributed by atoms with Crippen molar-refractivity contribution in [1.82, 2.24) is 29.5 Å². The first kappa shape index (κ1) is 36.6. The van der Waals surface area contributed by atoms with Gasteiger partial charge in [-0.05, 0) is 103 Å². The average Bonchev–Trinajstić information content (AvgIpc) is 3.79. The van der Waals surface area contributed by atoms with Crippen LogP contribution in [0, 0.1) is 19.9 Å². The Bertz CT molecular complexity index is 3280. The number of thiophene rings is 1. The Morgan fingerprint density at radius 2 is 1.07 bits per heavy atom. The molecule has 6 nitrogen and oxygen atoms in total. The summed E-state index contributed by atoms with van der Waals surface area (Å²) in [5, 5.41) is 4.71. The average molecular weight is 954 g/mol. The molecule has 0 atom stereocenters. The maximum atomic E-state index is 5.23. The molecule has 1 radical (unpaired) electrons. The summed E-state index contributed by atoms with van der Waals surface area (Å²) in [6.07, 6.45) is 5.41. The van der Waals surface area contributed by atoms with Crippen LogP contribution in [0.1, 0.15) is 11.1 Å². The molecular weight excluding hydrogens is 921 g/mol. The summed E-state index contributed by atoms with van der Waals surface area (Å²) >= 11 is 1.82. The van der Waals surface area contributed by atoms with Crippen molar-refractivity contribution in [2.75, 3.05) is 0 Å². The number of hydrogen-bond acceptors (Lipinski definition) is 6. The second kappa shape index (κ2) is 14.9. The minimum atomic E-state index is 0. The molecule has 5 aromatic carbocycles. The van der Waals surface area contributed by atoms with E-state index in [-0.39, 0.29) is 20.1 Å². The molecule has 0 saturated heterocycles. The minimum absolute atomic E-state index is 0. The van der Waals surface area contributed by atoms with Crippen LogP contribution in [0.2, 0.25) is 0 Å². The Kier molecular flexibility index (Phi) is 9.26. The van der Waals surface area contributed by atoms with Gasteiger partial charge in [-0.15, -0.1) is 46.7 Å². The molecule has 0 N–H and O–H groups in total. The number of aryl methyl sites for hydroxylation is 2. The molecule has 0 aliphatic carbocycles. The molecule has 8 heteroatoms. The van der Waals surface area contributed by atoms with Crippen LogP contribution in [0.15, 0.2) is 164 Å². The van der Waals surface area contributed by atoms with E-state index in [9.17, 15) is 0 Å². The zero-order valence-electron chi connectivity index (χ0n) is 32.0. The summed E-state index contributed by atoms with van der Waals surface area (Å²) in [5.74, 6) is 0.556. The van der Waals surface area contributed by atoms with Crippen LogP contribution in [0.4, 0.5) is 0 Å². The molecule has 0 amide bonds. The zero-order chi connectivity index (χ0) is 38.7. The number of fused-ring (bicyclic) bond motifs is 6. The van der Waals surface area contributed by atoms with Crippen LogP contribution in [0.5, 0.6) is 0 Å². The normalized spacial score (nSPS) is 11.4. The fourth-order valence-electron chi connectivity index (χ4n) is 8.15. The molecule has 59 heavy (non-hydrogen) atoms. The van der Waals surface area contributed by atoms with E-state index >= 15 is 0 Å². The van der Waals surface area contributed by atoms with Crippen molar-refractivity contribution in [1.29, 1.82) is 0 Å². The number of aromatic nitrogens is 6. The van der Waals surface area contributed by atoms with Gasteiger partial charge < -0.3 is 4.98 Å². The number of nitrogens with zero attached hydrogens (tertiary/aromatic N) is 6. The number of rotatable bonds is 6. The van der Waals surface area contributed by atoms with E-state index in [4.69, 9.17) is 9.97 Å². The summed E-state index contributed by atoms with van der Waals surface area (Å²) in [7, 11) is 0. The first-order valence-electron chi connectivity index (χ1n) is 19.2. The van der Waals surface area contributed by atoms with Crippen molar-refractivity contribution in [3.8, 4) is 62.2 Å². The molecular formula is C51H33IrN6S-. The van der Waals surface area contributed by atoms with Crippen LogP contribution in [0.25, 0.3) is 104 Å². The van der Waals surface area contributed by atoms with E-state index in [1.807, 2.05) is 84.3 Å². The standard InChI is InChI=1S/C51H33N6S.Ir/c1-31-22-32(2)24-37(23-31)35-15-17-38-41-28-40-39-26-34(33-10-9-11-36(25-33)42-12-3-6-19-52-42)16-18-47(39)57(48(40)30-50(41)58-49(38)27-35)51-55-45(43-13-4-7-20-53-43)29-46(56-51)44-14-5-8-21-54-44;/h3-10,12-30H,1-2H3;/q-1;. The van der Waals surface area contributed by atoms with Gasteiger partial charge in [0.05, 0.1) is 33.8 Å². The van der Waals surface area contributed by atoms with Gasteiger partial charge in [-0.2, -0.15) is 0 Å². The van der Waals surface area contributed by atoms with Gasteiger partial charge >= 0.3 is 0 Å². The Morgan fingerprint density at radius 1 is 0.458 bits per heavy atom. The molecule has 0 unspecified atom stereocenters. The molecule has 0 aliphatic rings. The molecule has 11 aromatic rings. The smallest absolute Gasteiger partial charge is 0.235 e. The van der Waals surface area contributed by atoms with Gasteiger partial charge in [0, 0.05) is 69.6 Å². The largest absolute Gasteiger partial charge is 0.305 e. The summed E-state index contributed by atoms with van der Waals surface area (Å²) < 4.78 is 4.66. The topological polar surface area (TPSA) is 69.4 Å². The van der Waals surface area contributed by atoms with E-state index in [1.165, 1.54) is 42.4 Å². The fraction of sp³-hybridized carbons (Fsp3) is 0.0392. The van der Waals surface area contributed by atoms with Crippen LogP contribution < -0.4 is 0 Å². The first-order chi connectivity index (χ1) is 28.5. The SMILES string of the molecule is Cc1cc(C)cc(-c2ccc3c(c2)sc2cc4c(cc23)c2cc(-c3cc[c-]c(-c5ccccn5)c3)ccc2n4-c2nc(-c3ccccn3)cc(-c3ccccn3)n2)c1.[Ir]. The molecule has 0 fully saturated rings. The maximum Gasteiger partial charge on any atom is 0.235 e. The molecule has 0 saturated carbocycles. The predicted molar refractivity (Wildman–Crippen MR) is 238 cm³/mol. The Morgan fingerprint density at radius 3 is 1.75 bits per heavy atom. The maximum absolute atomic E-state index is 5.23. The quantitative estimate of drug-likeness (QED) is 0.155. The molecule has 11 rings (SSSR count). The van der Waals surface area contributed by atoms with Gasteiger partial charge in [0.1, 0.15) is 0 Å². The molecule has 0 bridgehead atoms. The van der Waals surface area contributed by atoms with Crippen LogP contribution in [-0.4, -0.2) is 29.5 Å². The van der Waals surface area contributed by atoms with E-state index in [0.717, 1.165) is 67.0 Å². The van der Waals surface area contributed by atoms with E-state index in [1.54, 1.807) is 12.4 Å². The van der Waals surface area contributed by atoms with Crippen molar-refractivity contribution in [3.63, 3.8) is 0 Å². The van der Waals surface area contributed by atoms with Crippen LogP contribution in [0.3, 0.4) is 0 Å². The summed E-state index contributed by atoms with van der Waals surface area (Å²) in [6.45, 7) is 4.32. The summed E-state index contributed by atoms with van der Waals surface area (Å²) in [6, 6.07) is 54.4. The fourth-order valence-corrected chi connectivity index (χ4v) is 9.31.